The molecule has 0 spiro atoms. The van der Waals surface area contributed by atoms with Gasteiger partial charge in [0.25, 0.3) is 5.91 Å². The first kappa shape index (κ1) is 19.9. The number of nitrogens with two attached hydrogens (primary N) is 1. The third-order valence-electron chi connectivity index (χ3n) is 4.43. The molecule has 1 aliphatic rings. The van der Waals surface area contributed by atoms with Crippen LogP contribution in [0.25, 0.3) is 0 Å². The second-order valence-electron chi connectivity index (χ2n) is 6.33. The Morgan fingerprint density at radius 1 is 1.23 bits per heavy atom. The van der Waals surface area contributed by atoms with E-state index < -0.39 is 29.3 Å². The Morgan fingerprint density at radius 3 is 2.42 bits per heavy atom. The number of hydrogen-bond donors (Lipinski definition) is 2. The van der Waals surface area contributed by atoms with Crippen LogP contribution in [0, 0.1) is 11.2 Å². The van der Waals surface area contributed by atoms with Crippen molar-refractivity contribution in [3.8, 4) is 0 Å². The summed E-state index contributed by atoms with van der Waals surface area (Å²) in [6.07, 6.45) is -0.388. The summed E-state index contributed by atoms with van der Waals surface area (Å²) in [6.45, 7) is -0.0989. The van der Waals surface area contributed by atoms with Gasteiger partial charge in [-0.1, -0.05) is 37.5 Å². The SMILES string of the molecule is N=C(C=C(N)C(F)(F)F)C(=O)N(Cc1ccccc1F)C1CCCCC1. The summed E-state index contributed by atoms with van der Waals surface area (Å²) in [5.74, 6) is -1.38. The number of benzene rings is 1. The molecule has 1 aliphatic carbocycles. The van der Waals surface area contributed by atoms with Crippen molar-refractivity contribution in [2.24, 2.45) is 5.73 Å². The Kier molecular flexibility index (Phi) is 6.39. The summed E-state index contributed by atoms with van der Waals surface area (Å²) in [5, 5.41) is 7.73. The number of alkyl halides is 3. The second-order valence-corrected chi connectivity index (χ2v) is 6.33. The van der Waals surface area contributed by atoms with Crippen LogP contribution in [-0.2, 0) is 11.3 Å². The third-order valence-corrected chi connectivity index (χ3v) is 4.43. The molecule has 2 rings (SSSR count). The summed E-state index contributed by atoms with van der Waals surface area (Å²) in [6, 6.07) is 5.67. The van der Waals surface area contributed by atoms with E-state index in [0.717, 1.165) is 19.3 Å². The number of carbonyl (C=O) groups is 1. The number of hydrogen-bond acceptors (Lipinski definition) is 3. The first-order valence-electron chi connectivity index (χ1n) is 8.37. The van der Waals surface area contributed by atoms with Crippen molar-refractivity contribution in [1.29, 1.82) is 5.41 Å². The lowest BCUT2D eigenvalue weighted by atomic mass is 9.93. The summed E-state index contributed by atoms with van der Waals surface area (Å²) in [7, 11) is 0. The topological polar surface area (TPSA) is 70.2 Å². The van der Waals surface area contributed by atoms with Crippen LogP contribution >= 0.6 is 0 Å². The molecule has 0 bridgehead atoms. The quantitative estimate of drug-likeness (QED) is 0.609. The van der Waals surface area contributed by atoms with E-state index in [9.17, 15) is 22.4 Å². The minimum atomic E-state index is -4.81. The van der Waals surface area contributed by atoms with Crippen molar-refractivity contribution in [3.05, 3.63) is 47.4 Å². The van der Waals surface area contributed by atoms with Gasteiger partial charge in [0.1, 0.15) is 17.2 Å². The van der Waals surface area contributed by atoms with E-state index in [1.54, 1.807) is 6.07 Å². The molecule has 0 aliphatic heterocycles. The fourth-order valence-corrected chi connectivity index (χ4v) is 3.02. The zero-order chi connectivity index (χ0) is 19.3. The molecule has 0 heterocycles. The van der Waals surface area contributed by atoms with Crippen LogP contribution in [0.4, 0.5) is 17.6 Å². The van der Waals surface area contributed by atoms with E-state index >= 15 is 0 Å². The zero-order valence-corrected chi connectivity index (χ0v) is 14.2. The molecule has 4 nitrogen and oxygen atoms in total. The van der Waals surface area contributed by atoms with Gasteiger partial charge in [-0.3, -0.25) is 10.2 Å². The fourth-order valence-electron chi connectivity index (χ4n) is 3.02. The second kappa shape index (κ2) is 8.33. The minimum Gasteiger partial charge on any atom is -0.395 e. The van der Waals surface area contributed by atoms with Crippen molar-refractivity contribution in [2.45, 2.75) is 50.9 Å². The summed E-state index contributed by atoms with van der Waals surface area (Å²) < 4.78 is 51.7. The van der Waals surface area contributed by atoms with Crippen molar-refractivity contribution < 1.29 is 22.4 Å². The lowest BCUT2D eigenvalue weighted by Gasteiger charge is -2.34. The monoisotopic (exact) mass is 371 g/mol. The van der Waals surface area contributed by atoms with Crippen molar-refractivity contribution in [3.63, 3.8) is 0 Å². The van der Waals surface area contributed by atoms with Crippen molar-refractivity contribution in [1.82, 2.24) is 4.90 Å². The Bertz CT molecular complexity index is 694. The minimum absolute atomic E-state index is 0.0989. The highest BCUT2D eigenvalue weighted by atomic mass is 19.4. The first-order valence-corrected chi connectivity index (χ1v) is 8.37. The number of nitrogens with one attached hydrogen (secondary N) is 1. The summed E-state index contributed by atoms with van der Waals surface area (Å²) in [4.78, 5) is 13.9. The molecule has 8 heteroatoms. The smallest absolute Gasteiger partial charge is 0.395 e. The van der Waals surface area contributed by atoms with Gasteiger partial charge in [0.2, 0.25) is 0 Å². The van der Waals surface area contributed by atoms with Gasteiger partial charge in [-0.05, 0) is 25.0 Å². The molecule has 1 amide bonds. The highest BCUT2D eigenvalue weighted by Gasteiger charge is 2.33. The van der Waals surface area contributed by atoms with Crippen LogP contribution in [-0.4, -0.2) is 28.7 Å². The predicted molar refractivity (Wildman–Crippen MR) is 89.9 cm³/mol. The molecular weight excluding hydrogens is 350 g/mol. The standard InChI is InChI=1S/C18H21F4N3O/c19-14-9-5-4-6-12(14)11-25(13-7-2-1-3-8-13)17(26)15(23)10-16(24)18(20,21)22/h4-6,9-10,13,23H,1-3,7-8,11,24H2. The Morgan fingerprint density at radius 2 is 1.85 bits per heavy atom. The van der Waals surface area contributed by atoms with Gasteiger partial charge in [0.15, 0.2) is 0 Å². The number of allylic oxidation sites excluding steroid dienone is 1. The lowest BCUT2D eigenvalue weighted by molar-refractivity contribution is -0.127. The third kappa shape index (κ3) is 5.06. The maximum absolute atomic E-state index is 14.0. The van der Waals surface area contributed by atoms with Crippen LogP contribution in [0.1, 0.15) is 37.7 Å². The van der Waals surface area contributed by atoms with Gasteiger partial charge < -0.3 is 10.6 Å². The molecule has 0 atom stereocenters. The van der Waals surface area contributed by atoms with Crippen molar-refractivity contribution in [2.75, 3.05) is 0 Å². The van der Waals surface area contributed by atoms with E-state index in [0.29, 0.717) is 18.9 Å². The maximum atomic E-state index is 14.0. The zero-order valence-electron chi connectivity index (χ0n) is 14.2. The molecule has 26 heavy (non-hydrogen) atoms. The van der Waals surface area contributed by atoms with E-state index in [4.69, 9.17) is 11.1 Å². The number of halogens is 4. The largest absolute Gasteiger partial charge is 0.430 e. The first-order chi connectivity index (χ1) is 12.2. The van der Waals surface area contributed by atoms with Crippen LogP contribution in [0.5, 0.6) is 0 Å². The van der Waals surface area contributed by atoms with Crippen LogP contribution in [0.3, 0.4) is 0 Å². The Balaban J connectivity index is 2.26. The number of nitrogens with zero attached hydrogens (tertiary/aromatic N) is 1. The molecule has 1 aromatic carbocycles. The molecule has 1 fully saturated rings. The molecule has 0 unspecified atom stereocenters. The average Bonchev–Trinajstić information content (AvgIpc) is 2.60. The maximum Gasteiger partial charge on any atom is 0.430 e. The van der Waals surface area contributed by atoms with Gasteiger partial charge in [-0.15, -0.1) is 0 Å². The van der Waals surface area contributed by atoms with Gasteiger partial charge in [0.05, 0.1) is 0 Å². The Labute approximate surface area is 149 Å². The van der Waals surface area contributed by atoms with Crippen LogP contribution in [0.15, 0.2) is 36.0 Å². The lowest BCUT2D eigenvalue weighted by Crippen LogP contribution is -2.44. The number of amides is 1. The number of carbonyl (C=O) groups excluding carboxylic acids is 1. The fraction of sp³-hybridized carbons (Fsp3) is 0.444. The molecule has 0 aromatic heterocycles. The van der Waals surface area contributed by atoms with Gasteiger partial charge in [-0.2, -0.15) is 13.2 Å². The molecule has 0 saturated heterocycles. The van der Waals surface area contributed by atoms with Crippen LogP contribution < -0.4 is 5.73 Å². The van der Waals surface area contributed by atoms with E-state index in [1.165, 1.54) is 23.1 Å². The summed E-state index contributed by atoms with van der Waals surface area (Å²) >= 11 is 0. The molecule has 3 N–H and O–H groups in total. The molecular formula is C18H21F4N3O. The van der Waals surface area contributed by atoms with E-state index in [1.807, 2.05) is 0 Å². The molecule has 142 valence electrons. The highest BCUT2D eigenvalue weighted by Crippen LogP contribution is 2.26. The van der Waals surface area contributed by atoms with Crippen LogP contribution in [0.2, 0.25) is 0 Å². The summed E-state index contributed by atoms with van der Waals surface area (Å²) in [5.41, 5.74) is 2.80. The van der Waals surface area contributed by atoms with Gasteiger partial charge >= 0.3 is 6.18 Å². The number of rotatable bonds is 5. The average molecular weight is 371 g/mol. The molecule has 1 aromatic rings. The Hall–Kier alpha value is -2.38. The van der Waals surface area contributed by atoms with E-state index in [-0.39, 0.29) is 18.2 Å². The van der Waals surface area contributed by atoms with Gasteiger partial charge in [-0.25, -0.2) is 4.39 Å². The highest BCUT2D eigenvalue weighted by molar-refractivity contribution is 6.42. The molecule has 1 saturated carbocycles. The van der Waals surface area contributed by atoms with Crippen molar-refractivity contribution >= 4 is 11.6 Å². The van der Waals surface area contributed by atoms with Gasteiger partial charge in [0, 0.05) is 18.2 Å². The predicted octanol–water partition coefficient (Wildman–Crippen LogP) is 3.91. The normalized spacial score (nSPS) is 16.4. The molecule has 0 radical (unpaired) electrons. The van der Waals surface area contributed by atoms with E-state index in [2.05, 4.69) is 0 Å².